The lowest BCUT2D eigenvalue weighted by Crippen LogP contribution is -2.26. The van der Waals surface area contributed by atoms with Crippen LogP contribution < -0.4 is 10.6 Å². The predicted molar refractivity (Wildman–Crippen MR) is 83.6 cm³/mol. The minimum absolute atomic E-state index is 0.0999. The van der Waals surface area contributed by atoms with Crippen LogP contribution in [0.1, 0.15) is 12.8 Å². The lowest BCUT2D eigenvalue weighted by Gasteiger charge is -2.17. The summed E-state index contributed by atoms with van der Waals surface area (Å²) in [5.74, 6) is 0.0999. The van der Waals surface area contributed by atoms with Crippen molar-refractivity contribution in [2.75, 3.05) is 18.5 Å². The highest BCUT2D eigenvalue weighted by Crippen LogP contribution is 2.22. The highest BCUT2D eigenvalue weighted by molar-refractivity contribution is 5.93. The molecule has 0 bridgehead atoms. The van der Waals surface area contributed by atoms with Crippen LogP contribution in [0.3, 0.4) is 0 Å². The molecule has 0 heterocycles. The molecule has 0 aliphatic carbocycles. The van der Waals surface area contributed by atoms with E-state index in [9.17, 15) is 4.79 Å². The molecule has 1 amide bonds. The van der Waals surface area contributed by atoms with Crippen LogP contribution >= 0.6 is 0 Å². The largest absolute Gasteiger partial charge is 0.330 e. The Hall–Kier alpha value is -2.13. The van der Waals surface area contributed by atoms with Crippen LogP contribution in [0.2, 0.25) is 0 Å². The maximum absolute atomic E-state index is 11.9. The molecule has 0 aliphatic heterocycles. The van der Waals surface area contributed by atoms with E-state index in [1.165, 1.54) is 5.56 Å². The van der Waals surface area contributed by atoms with Gasteiger partial charge in [0, 0.05) is 19.2 Å². The number of hydrogen-bond acceptors (Lipinski definition) is 2. The van der Waals surface area contributed by atoms with Crippen LogP contribution in [-0.2, 0) is 4.79 Å². The number of nitrogens with zero attached hydrogens (tertiary/aromatic N) is 1. The van der Waals surface area contributed by atoms with Crippen LogP contribution in [0, 0.1) is 0 Å². The molecular formula is C17H20N2O. The first kappa shape index (κ1) is 14.3. The van der Waals surface area contributed by atoms with Gasteiger partial charge < -0.3 is 10.6 Å². The van der Waals surface area contributed by atoms with E-state index in [-0.39, 0.29) is 5.91 Å². The van der Waals surface area contributed by atoms with E-state index >= 15 is 0 Å². The molecule has 0 aliphatic rings. The number of hydrogen-bond donors (Lipinski definition) is 1. The predicted octanol–water partition coefficient (Wildman–Crippen LogP) is 3.06. The molecule has 0 radical (unpaired) electrons. The SMILES string of the molecule is CN(C(=O)CCCN)c1ccc(-c2ccccc2)cc1. The Morgan fingerprint density at radius 2 is 1.60 bits per heavy atom. The third-order valence-electron chi connectivity index (χ3n) is 3.33. The summed E-state index contributed by atoms with van der Waals surface area (Å²) in [6.07, 6.45) is 1.22. The van der Waals surface area contributed by atoms with Gasteiger partial charge in [-0.1, -0.05) is 42.5 Å². The van der Waals surface area contributed by atoms with Gasteiger partial charge >= 0.3 is 0 Å². The molecule has 2 aromatic carbocycles. The van der Waals surface area contributed by atoms with Gasteiger partial charge in [-0.3, -0.25) is 4.79 Å². The van der Waals surface area contributed by atoms with Gasteiger partial charge in [-0.2, -0.15) is 0 Å². The van der Waals surface area contributed by atoms with E-state index in [2.05, 4.69) is 12.1 Å². The molecule has 3 nitrogen and oxygen atoms in total. The first-order chi connectivity index (χ1) is 9.72. The average molecular weight is 268 g/mol. The molecule has 20 heavy (non-hydrogen) atoms. The molecule has 0 fully saturated rings. The van der Waals surface area contributed by atoms with Gasteiger partial charge in [0.2, 0.25) is 5.91 Å². The third-order valence-corrected chi connectivity index (χ3v) is 3.33. The molecule has 0 aromatic heterocycles. The van der Waals surface area contributed by atoms with Crippen molar-refractivity contribution in [1.29, 1.82) is 0 Å². The van der Waals surface area contributed by atoms with Crippen molar-refractivity contribution in [3.05, 3.63) is 54.6 Å². The zero-order valence-electron chi connectivity index (χ0n) is 11.8. The van der Waals surface area contributed by atoms with E-state index in [1.54, 1.807) is 11.9 Å². The number of carbonyl (C=O) groups excluding carboxylic acids is 1. The van der Waals surface area contributed by atoms with Crippen molar-refractivity contribution in [2.45, 2.75) is 12.8 Å². The molecule has 0 saturated heterocycles. The first-order valence-electron chi connectivity index (χ1n) is 6.84. The van der Waals surface area contributed by atoms with Crippen LogP contribution in [0.5, 0.6) is 0 Å². The Kier molecular flexibility index (Phi) is 4.91. The second-order valence-corrected chi connectivity index (χ2v) is 4.76. The summed E-state index contributed by atoms with van der Waals surface area (Å²) in [7, 11) is 1.80. The monoisotopic (exact) mass is 268 g/mol. The van der Waals surface area contributed by atoms with Crippen molar-refractivity contribution in [3.63, 3.8) is 0 Å². The van der Waals surface area contributed by atoms with Crippen LogP contribution in [-0.4, -0.2) is 19.5 Å². The summed E-state index contributed by atoms with van der Waals surface area (Å²) in [5, 5.41) is 0. The standard InChI is InChI=1S/C17H20N2O/c1-19(17(20)8-5-13-18)16-11-9-15(10-12-16)14-6-3-2-4-7-14/h2-4,6-7,9-12H,5,8,13,18H2,1H3. The van der Waals surface area contributed by atoms with E-state index in [0.29, 0.717) is 13.0 Å². The molecule has 104 valence electrons. The van der Waals surface area contributed by atoms with Crippen molar-refractivity contribution < 1.29 is 4.79 Å². The van der Waals surface area contributed by atoms with E-state index in [4.69, 9.17) is 5.73 Å². The molecule has 2 rings (SSSR count). The van der Waals surface area contributed by atoms with Crippen LogP contribution in [0.25, 0.3) is 11.1 Å². The highest BCUT2D eigenvalue weighted by atomic mass is 16.2. The van der Waals surface area contributed by atoms with Gasteiger partial charge in [-0.25, -0.2) is 0 Å². The van der Waals surface area contributed by atoms with Crippen LogP contribution in [0.15, 0.2) is 54.6 Å². The maximum Gasteiger partial charge on any atom is 0.226 e. The molecular weight excluding hydrogens is 248 g/mol. The first-order valence-corrected chi connectivity index (χ1v) is 6.84. The molecule has 3 heteroatoms. The number of rotatable bonds is 5. The number of carbonyl (C=O) groups is 1. The summed E-state index contributed by atoms with van der Waals surface area (Å²) in [6, 6.07) is 18.2. The van der Waals surface area contributed by atoms with E-state index in [0.717, 1.165) is 17.7 Å². The molecule has 0 unspecified atom stereocenters. The Labute approximate surface area is 120 Å². The average Bonchev–Trinajstić information content (AvgIpc) is 2.53. The fourth-order valence-corrected chi connectivity index (χ4v) is 2.07. The van der Waals surface area contributed by atoms with Crippen molar-refractivity contribution in [3.8, 4) is 11.1 Å². The third kappa shape index (κ3) is 3.45. The lowest BCUT2D eigenvalue weighted by molar-refractivity contribution is -0.118. The Bertz CT molecular complexity index is 549. The van der Waals surface area contributed by atoms with Crippen LogP contribution in [0.4, 0.5) is 5.69 Å². The summed E-state index contributed by atoms with van der Waals surface area (Å²) in [6.45, 7) is 0.548. The molecule has 2 N–H and O–H groups in total. The van der Waals surface area contributed by atoms with Gasteiger partial charge in [-0.15, -0.1) is 0 Å². The number of nitrogens with two attached hydrogens (primary N) is 1. The number of benzene rings is 2. The zero-order chi connectivity index (χ0) is 14.4. The second-order valence-electron chi connectivity index (χ2n) is 4.76. The summed E-state index contributed by atoms with van der Waals surface area (Å²) in [5.41, 5.74) is 8.67. The smallest absolute Gasteiger partial charge is 0.226 e. The van der Waals surface area contributed by atoms with Gasteiger partial charge in [0.1, 0.15) is 0 Å². The Morgan fingerprint density at radius 1 is 1.00 bits per heavy atom. The van der Waals surface area contributed by atoms with Gasteiger partial charge in [-0.05, 0) is 36.2 Å². The van der Waals surface area contributed by atoms with Gasteiger partial charge in [0.15, 0.2) is 0 Å². The van der Waals surface area contributed by atoms with Crippen molar-refractivity contribution >= 4 is 11.6 Å². The lowest BCUT2D eigenvalue weighted by atomic mass is 10.1. The fraction of sp³-hybridized carbons (Fsp3) is 0.235. The van der Waals surface area contributed by atoms with E-state index < -0.39 is 0 Å². The minimum atomic E-state index is 0.0999. The van der Waals surface area contributed by atoms with Crippen molar-refractivity contribution in [1.82, 2.24) is 0 Å². The molecule has 0 spiro atoms. The quantitative estimate of drug-likeness (QED) is 0.906. The van der Waals surface area contributed by atoms with Gasteiger partial charge in [0.25, 0.3) is 0 Å². The number of anilines is 1. The Balaban J connectivity index is 2.10. The summed E-state index contributed by atoms with van der Waals surface area (Å²) in [4.78, 5) is 13.6. The maximum atomic E-state index is 11.9. The fourth-order valence-electron chi connectivity index (χ4n) is 2.07. The molecule has 0 saturated carbocycles. The van der Waals surface area contributed by atoms with Gasteiger partial charge in [0.05, 0.1) is 0 Å². The summed E-state index contributed by atoms with van der Waals surface area (Å²) >= 11 is 0. The normalized spacial score (nSPS) is 10.3. The van der Waals surface area contributed by atoms with Crippen molar-refractivity contribution in [2.24, 2.45) is 5.73 Å². The molecule has 0 atom stereocenters. The van der Waals surface area contributed by atoms with E-state index in [1.807, 2.05) is 42.5 Å². The topological polar surface area (TPSA) is 46.3 Å². The second kappa shape index (κ2) is 6.87. The minimum Gasteiger partial charge on any atom is -0.330 e. The Morgan fingerprint density at radius 3 is 2.20 bits per heavy atom. The highest BCUT2D eigenvalue weighted by Gasteiger charge is 2.10. The molecule has 2 aromatic rings. The summed E-state index contributed by atoms with van der Waals surface area (Å²) < 4.78 is 0. The number of amides is 1. The zero-order valence-corrected chi connectivity index (χ0v) is 11.8.